The molecular weight excluding hydrogens is 334 g/mol. The Morgan fingerprint density at radius 2 is 2.13 bits per heavy atom. The number of amides is 1. The van der Waals surface area contributed by atoms with E-state index in [9.17, 15) is 9.59 Å². The van der Waals surface area contributed by atoms with Crippen LogP contribution in [0.5, 0.6) is 5.75 Å². The van der Waals surface area contributed by atoms with E-state index in [-0.39, 0.29) is 12.5 Å². The van der Waals surface area contributed by atoms with E-state index >= 15 is 0 Å². The lowest BCUT2D eigenvalue weighted by Gasteiger charge is -2.10. The molecule has 0 bridgehead atoms. The summed E-state index contributed by atoms with van der Waals surface area (Å²) in [6, 6.07) is 7.37. The molecule has 23 heavy (non-hydrogen) atoms. The summed E-state index contributed by atoms with van der Waals surface area (Å²) in [6.07, 6.45) is 1.92. The molecule has 7 heteroatoms. The normalized spacial score (nSPS) is 17.7. The summed E-state index contributed by atoms with van der Waals surface area (Å²) in [4.78, 5) is 22.5. The van der Waals surface area contributed by atoms with Crippen molar-refractivity contribution in [2.75, 3.05) is 13.7 Å². The zero-order chi connectivity index (χ0) is 16.8. The van der Waals surface area contributed by atoms with Crippen LogP contribution in [-0.4, -0.2) is 40.6 Å². The first-order chi connectivity index (χ1) is 11.0. The molecule has 0 saturated heterocycles. The number of hydrogen-bond donors (Lipinski definition) is 1. The molecule has 1 aliphatic heterocycles. The number of hydrogen-bond acceptors (Lipinski definition) is 6. The van der Waals surface area contributed by atoms with Crippen molar-refractivity contribution in [2.45, 2.75) is 6.92 Å². The van der Waals surface area contributed by atoms with Crippen LogP contribution in [-0.2, 0) is 24.4 Å². The molecule has 0 atom stereocenters. The summed E-state index contributed by atoms with van der Waals surface area (Å²) in [7, 11) is 0.826. The Labute approximate surface area is 141 Å². The van der Waals surface area contributed by atoms with Gasteiger partial charge in [0, 0.05) is 5.56 Å². The number of rotatable bonds is 5. The monoisotopic (exact) mass is 350 g/mol. The minimum Gasteiger partial charge on any atom is -0.481 e. The van der Waals surface area contributed by atoms with Gasteiger partial charge >= 0.3 is 5.97 Å². The molecule has 5 nitrogen and oxygen atoms in total. The molecular formula is C16H16NO4S2-. The first kappa shape index (κ1) is 17.2. The number of esters is 1. The van der Waals surface area contributed by atoms with Crippen LogP contribution in [0.2, 0.25) is 0 Å². The van der Waals surface area contributed by atoms with Gasteiger partial charge in [-0.25, -0.2) is 4.79 Å². The highest BCUT2D eigenvalue weighted by Gasteiger charge is 2.05. The van der Waals surface area contributed by atoms with Crippen molar-refractivity contribution in [3.63, 3.8) is 0 Å². The third-order valence-corrected chi connectivity index (χ3v) is 5.16. The second-order valence-corrected chi connectivity index (χ2v) is 6.97. The van der Waals surface area contributed by atoms with E-state index in [0.29, 0.717) is 10.1 Å². The summed E-state index contributed by atoms with van der Waals surface area (Å²) >= 11 is 5.12. The lowest BCUT2D eigenvalue weighted by molar-refractivity contribution is -0.142. The Bertz CT molecular complexity index is 774. The Balaban J connectivity index is 2.23. The van der Waals surface area contributed by atoms with Gasteiger partial charge in [0.05, 0.1) is 7.11 Å². The van der Waals surface area contributed by atoms with Gasteiger partial charge < -0.3 is 24.9 Å². The second-order valence-electron chi connectivity index (χ2n) is 4.68. The first-order valence-electron chi connectivity index (χ1n) is 6.73. The maximum Gasteiger partial charge on any atom is 0.343 e. The van der Waals surface area contributed by atoms with E-state index in [1.165, 1.54) is 7.11 Å². The fraction of sp³-hybridized carbons (Fsp3) is 0.188. The first-order valence-corrected chi connectivity index (χ1v) is 8.49. The van der Waals surface area contributed by atoms with E-state index in [4.69, 9.17) is 17.0 Å². The summed E-state index contributed by atoms with van der Waals surface area (Å²) in [6.45, 7) is 1.77. The SMILES string of the molecule is COC(=O)COc1ccccc1C=C(C)C=[S-]1=CC(=O)NC1=S. The van der Waals surface area contributed by atoms with Gasteiger partial charge in [0.1, 0.15) is 5.75 Å². The number of carbonyl (C=O) groups excluding carboxylic acids is 2. The van der Waals surface area contributed by atoms with Crippen molar-refractivity contribution < 1.29 is 19.1 Å². The Morgan fingerprint density at radius 1 is 1.39 bits per heavy atom. The second kappa shape index (κ2) is 7.94. The molecule has 1 aromatic rings. The maximum atomic E-state index is 11.3. The van der Waals surface area contributed by atoms with Crippen LogP contribution in [0.25, 0.3) is 6.08 Å². The summed E-state index contributed by atoms with van der Waals surface area (Å²) in [5.41, 5.74) is 1.77. The maximum absolute atomic E-state index is 11.3. The van der Waals surface area contributed by atoms with Crippen LogP contribution in [0.3, 0.4) is 0 Å². The smallest absolute Gasteiger partial charge is 0.343 e. The van der Waals surface area contributed by atoms with Crippen LogP contribution >= 0.6 is 12.2 Å². The average Bonchev–Trinajstić information content (AvgIpc) is 2.83. The molecule has 1 amide bonds. The van der Waals surface area contributed by atoms with Crippen LogP contribution in [0, 0.1) is 0 Å². The van der Waals surface area contributed by atoms with Crippen LogP contribution < -0.4 is 10.1 Å². The van der Waals surface area contributed by atoms with E-state index in [1.54, 1.807) is 11.4 Å². The molecule has 1 N–H and O–H groups in total. The number of methoxy groups -OCH3 is 1. The molecule has 2 rings (SSSR count). The molecule has 0 spiro atoms. The minimum atomic E-state index is -0.487. The molecule has 1 aromatic carbocycles. The number of ether oxygens (including phenoxy) is 2. The largest absolute Gasteiger partial charge is 0.481 e. The summed E-state index contributed by atoms with van der Waals surface area (Å²) in [5.74, 6) is -0.0191. The van der Waals surface area contributed by atoms with E-state index < -0.39 is 16.0 Å². The standard InChI is InChI=1S/C16H16NO4S2/c1-11(9-23-10-14(18)17-16(23)22)7-12-5-3-4-6-13(12)21-8-15(19)20-2/h3-7,9-10H,8H2,1-2H3,(H,17,18,22)/q-1. The topological polar surface area (TPSA) is 64.6 Å². The highest BCUT2D eigenvalue weighted by atomic mass is 32.2. The zero-order valence-electron chi connectivity index (χ0n) is 12.7. The summed E-state index contributed by atoms with van der Waals surface area (Å²) in [5, 5.41) is 6.10. The van der Waals surface area contributed by atoms with Crippen molar-refractivity contribution in [2.24, 2.45) is 0 Å². The number of thiocarbonyl (C=S) groups is 1. The van der Waals surface area contributed by atoms with E-state index in [2.05, 4.69) is 10.1 Å². The fourth-order valence-electron chi connectivity index (χ4n) is 1.85. The quantitative estimate of drug-likeness (QED) is 0.375. The van der Waals surface area contributed by atoms with Crippen molar-refractivity contribution in [3.05, 3.63) is 35.4 Å². The molecule has 122 valence electrons. The molecule has 0 aliphatic carbocycles. The molecule has 0 saturated carbocycles. The minimum absolute atomic E-state index is 0.148. The van der Waals surface area contributed by atoms with Gasteiger partial charge in [-0.2, -0.15) is 5.37 Å². The van der Waals surface area contributed by atoms with Crippen molar-refractivity contribution in [1.82, 2.24) is 5.32 Å². The van der Waals surface area contributed by atoms with Gasteiger partial charge in [-0.15, -0.1) is 5.37 Å². The Kier molecular flexibility index (Phi) is 5.95. The Hall–Kier alpha value is -2.12. The van der Waals surface area contributed by atoms with Crippen molar-refractivity contribution >= 4 is 55.3 Å². The lowest BCUT2D eigenvalue weighted by atomic mass is 10.1. The molecule has 1 aliphatic rings. The fourth-order valence-corrected chi connectivity index (χ4v) is 3.50. The molecule has 0 radical (unpaired) electrons. The van der Waals surface area contributed by atoms with Crippen LogP contribution in [0.1, 0.15) is 12.5 Å². The van der Waals surface area contributed by atoms with Crippen LogP contribution in [0.15, 0.2) is 29.8 Å². The predicted octanol–water partition coefficient (Wildman–Crippen LogP) is 1.28. The number of allylic oxidation sites excluding steroid dienone is 1. The molecule has 1 heterocycles. The number of carbonyl (C=O) groups is 2. The molecule has 0 fully saturated rings. The van der Waals surface area contributed by atoms with Gasteiger partial charge in [-0.3, -0.25) is 4.79 Å². The van der Waals surface area contributed by atoms with Gasteiger partial charge in [0.2, 0.25) is 5.91 Å². The number of para-hydroxylation sites is 1. The van der Waals surface area contributed by atoms with Gasteiger partial charge in [-0.1, -0.05) is 42.1 Å². The third-order valence-electron chi connectivity index (χ3n) is 2.86. The highest BCUT2D eigenvalue weighted by Crippen LogP contribution is 2.20. The van der Waals surface area contributed by atoms with Gasteiger partial charge in [0.25, 0.3) is 0 Å². The summed E-state index contributed by atoms with van der Waals surface area (Å²) < 4.78 is 10.6. The Morgan fingerprint density at radius 3 is 2.78 bits per heavy atom. The molecule has 0 unspecified atom stereocenters. The zero-order valence-corrected chi connectivity index (χ0v) is 14.3. The third kappa shape index (κ3) is 4.94. The highest BCUT2D eigenvalue weighted by molar-refractivity contribution is 8.19. The van der Waals surface area contributed by atoms with E-state index in [1.807, 2.05) is 36.6 Å². The number of nitrogens with one attached hydrogen (secondary N) is 1. The average molecular weight is 350 g/mol. The van der Waals surface area contributed by atoms with Crippen LogP contribution in [0.4, 0.5) is 0 Å². The lowest BCUT2D eigenvalue weighted by Crippen LogP contribution is -2.21. The van der Waals surface area contributed by atoms with E-state index in [0.717, 1.165) is 11.1 Å². The van der Waals surface area contributed by atoms with Crippen molar-refractivity contribution in [1.29, 1.82) is 0 Å². The van der Waals surface area contributed by atoms with Crippen molar-refractivity contribution in [3.8, 4) is 5.75 Å². The van der Waals surface area contributed by atoms with Gasteiger partial charge in [0.15, 0.2) is 6.61 Å². The predicted molar refractivity (Wildman–Crippen MR) is 97.8 cm³/mol. The van der Waals surface area contributed by atoms with Gasteiger partial charge in [-0.05, 0) is 17.3 Å². The number of benzene rings is 1. The molecule has 0 aromatic heterocycles.